The summed E-state index contributed by atoms with van der Waals surface area (Å²) in [5, 5.41) is 11.3. The zero-order valence-electron chi connectivity index (χ0n) is 11.7. The Hall–Kier alpha value is -1.33. The Morgan fingerprint density at radius 3 is 2.90 bits per heavy atom. The van der Waals surface area contributed by atoms with Gasteiger partial charge in [0.2, 0.25) is 0 Å². The lowest BCUT2D eigenvalue weighted by atomic mass is 9.95. The fourth-order valence-corrected chi connectivity index (χ4v) is 2.79. The molecule has 0 saturated carbocycles. The second kappa shape index (κ2) is 6.41. The van der Waals surface area contributed by atoms with E-state index in [4.69, 9.17) is 16.3 Å². The minimum Gasteiger partial charge on any atom is -0.379 e. The van der Waals surface area contributed by atoms with Gasteiger partial charge in [0.15, 0.2) is 0 Å². The summed E-state index contributed by atoms with van der Waals surface area (Å²) < 4.78 is 5.47. The first-order chi connectivity index (χ1) is 9.56. The van der Waals surface area contributed by atoms with Gasteiger partial charge in [-0.1, -0.05) is 13.0 Å². The minimum absolute atomic E-state index is 0.107. The number of alkyl halides is 1. The summed E-state index contributed by atoms with van der Waals surface area (Å²) in [5.41, 5.74) is 1.53. The van der Waals surface area contributed by atoms with Crippen molar-refractivity contribution in [1.29, 1.82) is 0 Å². The molecule has 1 aliphatic heterocycles. The number of ether oxygens (including phenoxy) is 1. The Morgan fingerprint density at radius 1 is 1.55 bits per heavy atom. The number of anilines is 1. The third kappa shape index (κ3) is 3.04. The molecule has 0 aromatic heterocycles. The summed E-state index contributed by atoms with van der Waals surface area (Å²) >= 11 is 5.75. The van der Waals surface area contributed by atoms with E-state index in [1.807, 2.05) is 11.0 Å². The molecule has 1 aliphatic rings. The average Bonchev–Trinajstić information content (AvgIpc) is 2.47. The highest BCUT2D eigenvalue weighted by atomic mass is 35.5. The molecule has 1 heterocycles. The Morgan fingerprint density at radius 2 is 2.30 bits per heavy atom. The number of methoxy groups -OCH3 is 1. The van der Waals surface area contributed by atoms with Crippen molar-refractivity contribution in [1.82, 2.24) is 0 Å². The third-order valence-corrected chi connectivity index (χ3v) is 4.23. The number of nitro benzene ring substituents is 1. The van der Waals surface area contributed by atoms with Crippen LogP contribution in [0.15, 0.2) is 18.2 Å². The molecule has 1 aromatic carbocycles. The second-order valence-electron chi connectivity index (χ2n) is 5.20. The van der Waals surface area contributed by atoms with Crippen molar-refractivity contribution in [2.24, 2.45) is 5.92 Å². The standard InChI is InChI=1S/C14H19ClN2O3/c1-10-5-6-16(9-14(10)20-2)12-4-3-11(8-15)7-13(12)17(18)19/h3-4,7,10,14H,5-6,8-9H2,1-2H3. The van der Waals surface area contributed by atoms with Crippen LogP contribution in [0.5, 0.6) is 0 Å². The number of hydrogen-bond donors (Lipinski definition) is 0. The highest BCUT2D eigenvalue weighted by Gasteiger charge is 2.29. The second-order valence-corrected chi connectivity index (χ2v) is 5.47. The van der Waals surface area contributed by atoms with Gasteiger partial charge in [0.25, 0.3) is 5.69 Å². The van der Waals surface area contributed by atoms with E-state index in [-0.39, 0.29) is 22.6 Å². The molecule has 1 fully saturated rings. The number of piperidine rings is 1. The van der Waals surface area contributed by atoms with Gasteiger partial charge in [0, 0.05) is 32.1 Å². The van der Waals surface area contributed by atoms with Crippen molar-refractivity contribution in [3.63, 3.8) is 0 Å². The van der Waals surface area contributed by atoms with Crippen LogP contribution >= 0.6 is 11.6 Å². The van der Waals surface area contributed by atoms with Gasteiger partial charge in [0.05, 0.1) is 11.0 Å². The van der Waals surface area contributed by atoms with Crippen molar-refractivity contribution in [2.75, 3.05) is 25.1 Å². The molecule has 0 spiro atoms. The zero-order chi connectivity index (χ0) is 14.7. The summed E-state index contributed by atoms with van der Waals surface area (Å²) in [7, 11) is 1.69. The van der Waals surface area contributed by atoms with Crippen molar-refractivity contribution >= 4 is 23.0 Å². The van der Waals surface area contributed by atoms with Crippen LogP contribution in [0.1, 0.15) is 18.9 Å². The summed E-state index contributed by atoms with van der Waals surface area (Å²) in [6.45, 7) is 3.64. The summed E-state index contributed by atoms with van der Waals surface area (Å²) in [4.78, 5) is 12.9. The van der Waals surface area contributed by atoms with E-state index >= 15 is 0 Å². The molecule has 1 aromatic rings. The maximum absolute atomic E-state index is 11.3. The van der Waals surface area contributed by atoms with Crippen LogP contribution in [0.4, 0.5) is 11.4 Å². The molecule has 0 aliphatic carbocycles. The summed E-state index contributed by atoms with van der Waals surface area (Å²) in [5.74, 6) is 0.746. The first kappa shape index (κ1) is 15.1. The van der Waals surface area contributed by atoms with Crippen LogP contribution in [0.2, 0.25) is 0 Å². The molecule has 0 bridgehead atoms. The van der Waals surface area contributed by atoms with E-state index < -0.39 is 0 Å². The van der Waals surface area contributed by atoms with E-state index in [0.717, 1.165) is 18.5 Å². The highest BCUT2D eigenvalue weighted by Crippen LogP contribution is 2.33. The number of halogens is 1. The number of rotatable bonds is 4. The number of benzene rings is 1. The molecule has 20 heavy (non-hydrogen) atoms. The molecule has 0 amide bonds. The van der Waals surface area contributed by atoms with Gasteiger partial charge in [-0.25, -0.2) is 0 Å². The lowest BCUT2D eigenvalue weighted by Crippen LogP contribution is -2.44. The Balaban J connectivity index is 2.30. The predicted molar refractivity (Wildman–Crippen MR) is 79.4 cm³/mol. The van der Waals surface area contributed by atoms with Crippen LogP contribution in [-0.2, 0) is 10.6 Å². The maximum atomic E-state index is 11.3. The molecule has 110 valence electrons. The molecule has 2 atom stereocenters. The third-order valence-electron chi connectivity index (χ3n) is 3.92. The zero-order valence-corrected chi connectivity index (χ0v) is 12.5. The average molecular weight is 299 g/mol. The largest absolute Gasteiger partial charge is 0.379 e. The monoisotopic (exact) mass is 298 g/mol. The Labute approximate surface area is 123 Å². The van der Waals surface area contributed by atoms with Crippen molar-refractivity contribution in [2.45, 2.75) is 25.3 Å². The SMILES string of the molecule is COC1CN(c2ccc(CCl)cc2[N+](=O)[O-])CCC1C. The predicted octanol–water partition coefficient (Wildman–Crippen LogP) is 3.19. The first-order valence-corrected chi connectivity index (χ1v) is 7.21. The van der Waals surface area contributed by atoms with Crippen LogP contribution < -0.4 is 4.90 Å². The molecule has 0 N–H and O–H groups in total. The van der Waals surface area contributed by atoms with Crippen molar-refractivity contribution in [3.05, 3.63) is 33.9 Å². The maximum Gasteiger partial charge on any atom is 0.292 e. The lowest BCUT2D eigenvalue weighted by Gasteiger charge is -2.37. The molecule has 0 radical (unpaired) electrons. The number of nitrogens with zero attached hydrogens (tertiary/aromatic N) is 2. The fraction of sp³-hybridized carbons (Fsp3) is 0.571. The van der Waals surface area contributed by atoms with Crippen molar-refractivity contribution < 1.29 is 9.66 Å². The fourth-order valence-electron chi connectivity index (χ4n) is 2.63. The Kier molecular flexibility index (Phi) is 4.83. The summed E-state index contributed by atoms with van der Waals surface area (Å²) in [6, 6.07) is 5.19. The minimum atomic E-state index is -0.342. The van der Waals surface area contributed by atoms with Gasteiger partial charge in [-0.2, -0.15) is 0 Å². The van der Waals surface area contributed by atoms with Crippen LogP contribution in [0.25, 0.3) is 0 Å². The Bertz CT molecular complexity index is 495. The molecule has 2 unspecified atom stereocenters. The van der Waals surface area contributed by atoms with E-state index in [1.165, 1.54) is 0 Å². The number of hydrogen-bond acceptors (Lipinski definition) is 4. The highest BCUT2D eigenvalue weighted by molar-refractivity contribution is 6.17. The van der Waals surface area contributed by atoms with Gasteiger partial charge in [0.1, 0.15) is 5.69 Å². The quantitative estimate of drug-likeness (QED) is 0.486. The topological polar surface area (TPSA) is 55.6 Å². The van der Waals surface area contributed by atoms with Gasteiger partial charge in [-0.15, -0.1) is 11.6 Å². The molecular weight excluding hydrogens is 280 g/mol. The molecule has 2 rings (SSSR count). The first-order valence-electron chi connectivity index (χ1n) is 6.67. The van der Waals surface area contributed by atoms with Gasteiger partial charge < -0.3 is 9.64 Å². The lowest BCUT2D eigenvalue weighted by molar-refractivity contribution is -0.384. The van der Waals surface area contributed by atoms with E-state index in [9.17, 15) is 10.1 Å². The van der Waals surface area contributed by atoms with E-state index in [0.29, 0.717) is 18.2 Å². The summed E-state index contributed by atoms with van der Waals surface area (Å²) in [6.07, 6.45) is 1.07. The smallest absolute Gasteiger partial charge is 0.292 e. The van der Waals surface area contributed by atoms with Gasteiger partial charge in [-0.3, -0.25) is 10.1 Å². The molecular formula is C14H19ClN2O3. The normalized spacial score (nSPS) is 22.9. The van der Waals surface area contributed by atoms with E-state index in [1.54, 1.807) is 19.2 Å². The van der Waals surface area contributed by atoms with Gasteiger partial charge in [-0.05, 0) is 24.0 Å². The van der Waals surface area contributed by atoms with Crippen LogP contribution in [0.3, 0.4) is 0 Å². The van der Waals surface area contributed by atoms with Gasteiger partial charge >= 0.3 is 0 Å². The molecule has 1 saturated heterocycles. The molecule has 6 heteroatoms. The van der Waals surface area contributed by atoms with Crippen LogP contribution in [-0.4, -0.2) is 31.2 Å². The van der Waals surface area contributed by atoms with E-state index in [2.05, 4.69) is 6.92 Å². The van der Waals surface area contributed by atoms with Crippen LogP contribution in [0, 0.1) is 16.0 Å². The molecule has 5 nitrogen and oxygen atoms in total. The number of nitro groups is 1. The van der Waals surface area contributed by atoms with Crippen molar-refractivity contribution in [3.8, 4) is 0 Å².